The number of aryl methyl sites for hydroxylation is 2. The fourth-order valence-corrected chi connectivity index (χ4v) is 3.58. The predicted octanol–water partition coefficient (Wildman–Crippen LogP) is 3.07. The molecule has 2 aromatic heterocycles. The second-order valence-corrected chi connectivity index (χ2v) is 7.30. The Morgan fingerprint density at radius 2 is 1.81 bits per heavy atom. The lowest BCUT2D eigenvalue weighted by atomic mass is 10.1. The Labute approximate surface area is 152 Å². The Morgan fingerprint density at radius 1 is 1.08 bits per heavy atom. The number of halogens is 1. The first-order chi connectivity index (χ1) is 12.5. The minimum Gasteiger partial charge on any atom is -0.353 e. The van der Waals surface area contributed by atoms with Crippen LogP contribution in [0.1, 0.15) is 45.8 Å². The van der Waals surface area contributed by atoms with Crippen LogP contribution in [-0.2, 0) is 0 Å². The van der Waals surface area contributed by atoms with Crippen molar-refractivity contribution in [2.24, 2.45) is 0 Å². The molecule has 2 aromatic rings. The van der Waals surface area contributed by atoms with Gasteiger partial charge in [0.05, 0.1) is 5.56 Å². The highest BCUT2D eigenvalue weighted by atomic mass is 19.1. The number of anilines is 1. The van der Waals surface area contributed by atoms with Gasteiger partial charge in [-0.2, -0.15) is 4.39 Å². The lowest BCUT2D eigenvalue weighted by Crippen LogP contribution is -2.49. The summed E-state index contributed by atoms with van der Waals surface area (Å²) in [6.07, 6.45) is 5.75. The molecule has 0 atom stereocenters. The van der Waals surface area contributed by atoms with Crippen molar-refractivity contribution < 1.29 is 9.18 Å². The molecule has 136 valence electrons. The SMILES string of the molecule is Cc1cnc(N2CCN(C(=O)c3cnc(F)cc3C)CC2)c(C2CC2)c1. The number of piperazine rings is 1. The smallest absolute Gasteiger partial charge is 0.255 e. The second kappa shape index (κ2) is 6.67. The molecule has 5 nitrogen and oxygen atoms in total. The molecule has 0 aromatic carbocycles. The van der Waals surface area contributed by atoms with Crippen molar-refractivity contribution in [3.05, 3.63) is 52.7 Å². The van der Waals surface area contributed by atoms with Gasteiger partial charge in [-0.15, -0.1) is 0 Å². The van der Waals surface area contributed by atoms with E-state index in [4.69, 9.17) is 0 Å². The highest BCUT2D eigenvalue weighted by Gasteiger charge is 2.31. The van der Waals surface area contributed by atoms with Crippen molar-refractivity contribution in [2.45, 2.75) is 32.6 Å². The van der Waals surface area contributed by atoms with Crippen molar-refractivity contribution in [2.75, 3.05) is 31.1 Å². The molecule has 0 radical (unpaired) electrons. The maximum Gasteiger partial charge on any atom is 0.255 e. The minimum absolute atomic E-state index is 0.0751. The van der Waals surface area contributed by atoms with Crippen molar-refractivity contribution in [3.8, 4) is 0 Å². The van der Waals surface area contributed by atoms with E-state index in [1.807, 2.05) is 11.1 Å². The predicted molar refractivity (Wildman–Crippen MR) is 98.0 cm³/mol. The first-order valence-corrected chi connectivity index (χ1v) is 9.16. The Hall–Kier alpha value is -2.50. The fourth-order valence-electron chi connectivity index (χ4n) is 3.58. The lowest BCUT2D eigenvalue weighted by Gasteiger charge is -2.36. The Morgan fingerprint density at radius 3 is 2.46 bits per heavy atom. The fraction of sp³-hybridized carbons (Fsp3) is 0.450. The molecule has 3 heterocycles. The van der Waals surface area contributed by atoms with E-state index in [9.17, 15) is 9.18 Å². The van der Waals surface area contributed by atoms with Crippen molar-refractivity contribution in [1.29, 1.82) is 0 Å². The number of nitrogens with zero attached hydrogens (tertiary/aromatic N) is 4. The van der Waals surface area contributed by atoms with Crippen LogP contribution in [0.5, 0.6) is 0 Å². The first-order valence-electron chi connectivity index (χ1n) is 9.16. The molecule has 26 heavy (non-hydrogen) atoms. The number of rotatable bonds is 3. The molecule has 2 fully saturated rings. The van der Waals surface area contributed by atoms with E-state index in [1.165, 1.54) is 36.2 Å². The number of amides is 1. The summed E-state index contributed by atoms with van der Waals surface area (Å²) in [5.74, 6) is 1.09. The number of carbonyl (C=O) groups is 1. The molecule has 1 saturated carbocycles. The molecule has 1 aliphatic carbocycles. The van der Waals surface area contributed by atoms with Gasteiger partial charge in [-0.1, -0.05) is 6.07 Å². The van der Waals surface area contributed by atoms with Gasteiger partial charge in [-0.3, -0.25) is 4.79 Å². The highest BCUT2D eigenvalue weighted by Crippen LogP contribution is 2.44. The number of hydrogen-bond acceptors (Lipinski definition) is 4. The van der Waals surface area contributed by atoms with Gasteiger partial charge in [0.25, 0.3) is 5.91 Å². The molecule has 2 aliphatic rings. The van der Waals surface area contributed by atoms with Crippen LogP contribution in [0.3, 0.4) is 0 Å². The second-order valence-electron chi connectivity index (χ2n) is 7.30. The van der Waals surface area contributed by atoms with Crippen LogP contribution >= 0.6 is 0 Å². The van der Waals surface area contributed by atoms with E-state index in [2.05, 4.69) is 27.9 Å². The minimum atomic E-state index is -0.554. The van der Waals surface area contributed by atoms with E-state index >= 15 is 0 Å². The molecule has 6 heteroatoms. The van der Waals surface area contributed by atoms with Gasteiger partial charge in [-0.05, 0) is 55.4 Å². The molecule has 0 N–H and O–H groups in total. The molecule has 1 amide bonds. The summed E-state index contributed by atoms with van der Waals surface area (Å²) in [7, 11) is 0. The van der Waals surface area contributed by atoms with Gasteiger partial charge in [0.15, 0.2) is 0 Å². The number of pyridine rings is 2. The summed E-state index contributed by atoms with van der Waals surface area (Å²) in [5, 5.41) is 0. The number of carbonyl (C=O) groups excluding carboxylic acids is 1. The lowest BCUT2D eigenvalue weighted by molar-refractivity contribution is 0.0745. The van der Waals surface area contributed by atoms with Gasteiger partial charge in [0, 0.05) is 38.6 Å². The number of aromatic nitrogens is 2. The molecular formula is C20H23FN4O. The van der Waals surface area contributed by atoms with Gasteiger partial charge in [0.1, 0.15) is 5.82 Å². The summed E-state index contributed by atoms with van der Waals surface area (Å²) < 4.78 is 13.2. The zero-order valence-electron chi connectivity index (χ0n) is 15.2. The first kappa shape index (κ1) is 16.9. The van der Waals surface area contributed by atoms with E-state index in [1.54, 1.807) is 6.92 Å². The average molecular weight is 354 g/mol. The Balaban J connectivity index is 1.47. The summed E-state index contributed by atoms with van der Waals surface area (Å²) in [5.41, 5.74) is 3.65. The van der Waals surface area contributed by atoms with Crippen LogP contribution in [0.15, 0.2) is 24.5 Å². The Bertz CT molecular complexity index is 842. The Kier molecular flexibility index (Phi) is 4.34. The molecule has 0 spiro atoms. The summed E-state index contributed by atoms with van der Waals surface area (Å²) in [6, 6.07) is 3.56. The van der Waals surface area contributed by atoms with Crippen molar-refractivity contribution >= 4 is 11.7 Å². The van der Waals surface area contributed by atoms with Crippen molar-refractivity contribution in [3.63, 3.8) is 0 Å². The van der Waals surface area contributed by atoms with Gasteiger partial charge in [0.2, 0.25) is 5.95 Å². The van der Waals surface area contributed by atoms with Crippen LogP contribution in [0.4, 0.5) is 10.2 Å². The monoisotopic (exact) mass is 354 g/mol. The molecular weight excluding hydrogens is 331 g/mol. The van der Waals surface area contributed by atoms with E-state index in [-0.39, 0.29) is 5.91 Å². The summed E-state index contributed by atoms with van der Waals surface area (Å²) in [4.78, 5) is 25.2. The zero-order valence-corrected chi connectivity index (χ0v) is 15.2. The third-order valence-electron chi connectivity index (χ3n) is 5.22. The highest BCUT2D eigenvalue weighted by molar-refractivity contribution is 5.95. The van der Waals surface area contributed by atoms with Crippen LogP contribution in [0, 0.1) is 19.8 Å². The van der Waals surface area contributed by atoms with Crippen molar-refractivity contribution in [1.82, 2.24) is 14.9 Å². The van der Waals surface area contributed by atoms with Gasteiger partial charge < -0.3 is 9.80 Å². The van der Waals surface area contributed by atoms with Crippen LogP contribution in [0.25, 0.3) is 0 Å². The van der Waals surface area contributed by atoms with Crippen LogP contribution in [0.2, 0.25) is 0 Å². The van der Waals surface area contributed by atoms with Gasteiger partial charge in [-0.25, -0.2) is 9.97 Å². The molecule has 0 bridgehead atoms. The van der Waals surface area contributed by atoms with Crippen LogP contribution in [-0.4, -0.2) is 47.0 Å². The maximum absolute atomic E-state index is 13.2. The van der Waals surface area contributed by atoms with E-state index in [0.29, 0.717) is 30.1 Å². The molecule has 4 rings (SSSR count). The van der Waals surface area contributed by atoms with E-state index in [0.717, 1.165) is 18.9 Å². The zero-order chi connectivity index (χ0) is 18.3. The topological polar surface area (TPSA) is 49.3 Å². The summed E-state index contributed by atoms with van der Waals surface area (Å²) in [6.45, 7) is 6.61. The summed E-state index contributed by atoms with van der Waals surface area (Å²) >= 11 is 0. The van der Waals surface area contributed by atoms with Gasteiger partial charge >= 0.3 is 0 Å². The third-order valence-corrected chi connectivity index (χ3v) is 5.22. The quantitative estimate of drug-likeness (QED) is 0.795. The van der Waals surface area contributed by atoms with Crippen LogP contribution < -0.4 is 4.90 Å². The molecule has 1 aliphatic heterocycles. The standard InChI is InChI=1S/C20H23FN4O/c1-13-9-16(15-3-4-15)19(23-11-13)24-5-7-25(8-6-24)20(26)17-12-22-18(21)10-14(17)2/h9-12,15H,3-8H2,1-2H3. The normalized spacial score (nSPS) is 17.5. The van der Waals surface area contributed by atoms with E-state index < -0.39 is 5.95 Å². The largest absolute Gasteiger partial charge is 0.353 e. The third kappa shape index (κ3) is 3.28. The average Bonchev–Trinajstić information content (AvgIpc) is 3.46. The maximum atomic E-state index is 13.2. The molecule has 0 unspecified atom stereocenters. The number of hydrogen-bond donors (Lipinski definition) is 0. The molecule has 1 saturated heterocycles.